The van der Waals surface area contributed by atoms with E-state index in [1.807, 2.05) is 17.8 Å². The van der Waals surface area contributed by atoms with Crippen molar-refractivity contribution in [3.63, 3.8) is 0 Å². The Kier molecular flexibility index (Phi) is 5.71. The molecular formula is C15H20N2O2S2. The van der Waals surface area contributed by atoms with Crippen molar-refractivity contribution in [2.24, 2.45) is 11.7 Å². The highest BCUT2D eigenvalue weighted by atomic mass is 32.2. The molecule has 4 nitrogen and oxygen atoms in total. The second-order valence-corrected chi connectivity index (χ2v) is 7.95. The molecule has 1 aromatic rings. The van der Waals surface area contributed by atoms with Crippen LogP contribution in [-0.2, 0) is 10.0 Å². The smallest absolute Gasteiger partial charge is 0.240 e. The van der Waals surface area contributed by atoms with E-state index in [0.717, 1.165) is 23.5 Å². The van der Waals surface area contributed by atoms with Crippen LogP contribution >= 0.6 is 11.8 Å². The van der Waals surface area contributed by atoms with E-state index in [4.69, 9.17) is 5.73 Å². The van der Waals surface area contributed by atoms with Gasteiger partial charge in [-0.05, 0) is 48.5 Å². The van der Waals surface area contributed by atoms with Crippen molar-refractivity contribution in [2.45, 2.75) is 18.2 Å². The van der Waals surface area contributed by atoms with Crippen LogP contribution in [0, 0.1) is 24.7 Å². The Balaban J connectivity index is 2.17. The number of thioether (sulfide) groups is 1. The van der Waals surface area contributed by atoms with Crippen LogP contribution in [0.5, 0.6) is 0 Å². The van der Waals surface area contributed by atoms with Gasteiger partial charge in [0.15, 0.2) is 0 Å². The van der Waals surface area contributed by atoms with Crippen LogP contribution in [-0.4, -0.2) is 33.0 Å². The summed E-state index contributed by atoms with van der Waals surface area (Å²) in [6.45, 7) is 2.56. The third kappa shape index (κ3) is 4.48. The zero-order chi connectivity index (χ0) is 15.3. The average molecular weight is 324 g/mol. The zero-order valence-corrected chi connectivity index (χ0v) is 13.7. The van der Waals surface area contributed by atoms with E-state index in [1.165, 1.54) is 0 Å². The van der Waals surface area contributed by atoms with Crippen LogP contribution in [0.1, 0.15) is 17.5 Å². The molecule has 0 spiro atoms. The van der Waals surface area contributed by atoms with Gasteiger partial charge in [-0.2, -0.15) is 11.8 Å². The van der Waals surface area contributed by atoms with Gasteiger partial charge in [0, 0.05) is 12.1 Å². The fourth-order valence-corrected chi connectivity index (χ4v) is 4.84. The van der Waals surface area contributed by atoms with Crippen LogP contribution < -0.4 is 10.5 Å². The Morgan fingerprint density at radius 1 is 1.48 bits per heavy atom. The molecule has 1 aromatic carbocycles. The maximum atomic E-state index is 12.4. The molecule has 0 amide bonds. The second kappa shape index (κ2) is 7.32. The van der Waals surface area contributed by atoms with Crippen LogP contribution in [0.4, 0.5) is 0 Å². The number of hydrogen-bond acceptors (Lipinski definition) is 4. The molecular weight excluding hydrogens is 304 g/mol. The number of hydrogen-bond donors (Lipinski definition) is 2. The maximum absolute atomic E-state index is 12.4. The lowest BCUT2D eigenvalue weighted by Gasteiger charge is -2.12. The molecule has 1 saturated heterocycles. The molecule has 0 bridgehead atoms. The Bertz CT molecular complexity index is 654. The first-order valence-corrected chi connectivity index (χ1v) is 9.53. The normalized spacial score (nSPS) is 18.3. The minimum Gasteiger partial charge on any atom is -0.320 e. The van der Waals surface area contributed by atoms with Crippen molar-refractivity contribution in [1.29, 1.82) is 0 Å². The Morgan fingerprint density at radius 3 is 2.95 bits per heavy atom. The lowest BCUT2D eigenvalue weighted by atomic mass is 10.1. The van der Waals surface area contributed by atoms with Gasteiger partial charge in [0.25, 0.3) is 0 Å². The van der Waals surface area contributed by atoms with Crippen LogP contribution in [0.3, 0.4) is 0 Å². The molecule has 2 rings (SSSR count). The third-order valence-electron chi connectivity index (χ3n) is 3.40. The fourth-order valence-electron chi connectivity index (χ4n) is 2.17. The highest BCUT2D eigenvalue weighted by Gasteiger charge is 2.21. The predicted molar refractivity (Wildman–Crippen MR) is 87.7 cm³/mol. The highest BCUT2D eigenvalue weighted by molar-refractivity contribution is 7.99. The summed E-state index contributed by atoms with van der Waals surface area (Å²) in [7, 11) is -3.48. The van der Waals surface area contributed by atoms with Crippen molar-refractivity contribution in [3.8, 4) is 11.8 Å². The van der Waals surface area contributed by atoms with Crippen molar-refractivity contribution in [3.05, 3.63) is 29.3 Å². The molecule has 1 atom stereocenters. The predicted octanol–water partition coefficient (Wildman–Crippen LogP) is 1.34. The molecule has 21 heavy (non-hydrogen) atoms. The van der Waals surface area contributed by atoms with E-state index in [1.54, 1.807) is 19.1 Å². The first kappa shape index (κ1) is 16.4. The highest BCUT2D eigenvalue weighted by Crippen LogP contribution is 2.23. The van der Waals surface area contributed by atoms with Crippen LogP contribution in [0.25, 0.3) is 0 Å². The van der Waals surface area contributed by atoms with E-state index < -0.39 is 10.0 Å². The van der Waals surface area contributed by atoms with Gasteiger partial charge >= 0.3 is 0 Å². The first-order valence-electron chi connectivity index (χ1n) is 6.90. The van der Waals surface area contributed by atoms with Gasteiger partial charge in [0.2, 0.25) is 10.0 Å². The summed E-state index contributed by atoms with van der Waals surface area (Å²) in [5, 5.41) is 0. The molecule has 0 aliphatic carbocycles. The zero-order valence-electron chi connectivity index (χ0n) is 12.1. The first-order chi connectivity index (χ1) is 10.0. The molecule has 6 heteroatoms. The summed E-state index contributed by atoms with van der Waals surface area (Å²) < 4.78 is 27.6. The van der Waals surface area contributed by atoms with E-state index >= 15 is 0 Å². The molecule has 1 unspecified atom stereocenters. The van der Waals surface area contributed by atoms with Gasteiger partial charge in [-0.25, -0.2) is 13.1 Å². The van der Waals surface area contributed by atoms with Crippen molar-refractivity contribution in [2.75, 3.05) is 24.6 Å². The standard InChI is InChI=1S/C15H20N2O2S2/c1-12-4-5-13(3-2-7-16)9-15(12)21(18,19)17-10-14-6-8-20-11-14/h4-5,9,14,17H,6-8,10-11,16H2,1H3. The minimum atomic E-state index is -3.48. The summed E-state index contributed by atoms with van der Waals surface area (Å²) in [6.07, 6.45) is 1.08. The quantitative estimate of drug-likeness (QED) is 0.820. The average Bonchev–Trinajstić information content (AvgIpc) is 2.97. The number of benzene rings is 1. The monoisotopic (exact) mass is 324 g/mol. The second-order valence-electron chi connectivity index (χ2n) is 5.07. The van der Waals surface area contributed by atoms with E-state index in [2.05, 4.69) is 16.6 Å². The SMILES string of the molecule is Cc1ccc(C#CCN)cc1S(=O)(=O)NCC1CCSC1. The molecule has 114 valence electrons. The Morgan fingerprint density at radius 2 is 2.29 bits per heavy atom. The lowest BCUT2D eigenvalue weighted by molar-refractivity contribution is 0.545. The summed E-state index contributed by atoms with van der Waals surface area (Å²) in [5.74, 6) is 8.20. The van der Waals surface area contributed by atoms with E-state index in [9.17, 15) is 8.42 Å². The molecule has 0 radical (unpaired) electrons. The molecule has 0 saturated carbocycles. The largest absolute Gasteiger partial charge is 0.320 e. The molecule has 1 heterocycles. The topological polar surface area (TPSA) is 72.2 Å². The van der Waals surface area contributed by atoms with Gasteiger partial charge in [-0.15, -0.1) is 0 Å². The van der Waals surface area contributed by atoms with Crippen molar-refractivity contribution >= 4 is 21.8 Å². The molecule has 3 N–H and O–H groups in total. The van der Waals surface area contributed by atoms with Crippen LogP contribution in [0.2, 0.25) is 0 Å². The number of sulfonamides is 1. The molecule has 1 aliphatic heterocycles. The van der Waals surface area contributed by atoms with Crippen molar-refractivity contribution < 1.29 is 8.42 Å². The lowest BCUT2D eigenvalue weighted by Crippen LogP contribution is -2.30. The Hall–Kier alpha value is -1.000. The summed E-state index contributed by atoms with van der Waals surface area (Å²) >= 11 is 1.88. The number of rotatable bonds is 4. The summed E-state index contributed by atoms with van der Waals surface area (Å²) in [4.78, 5) is 0.303. The van der Waals surface area contributed by atoms with Gasteiger partial charge < -0.3 is 5.73 Å². The molecule has 1 fully saturated rings. The van der Waals surface area contributed by atoms with E-state index in [-0.39, 0.29) is 6.54 Å². The maximum Gasteiger partial charge on any atom is 0.240 e. The third-order valence-corrected chi connectivity index (χ3v) is 6.20. The minimum absolute atomic E-state index is 0.257. The summed E-state index contributed by atoms with van der Waals surface area (Å²) in [5.41, 5.74) is 6.73. The van der Waals surface area contributed by atoms with Gasteiger partial charge in [-0.3, -0.25) is 0 Å². The summed E-state index contributed by atoms with van der Waals surface area (Å²) in [6, 6.07) is 5.20. The number of aryl methyl sites for hydroxylation is 1. The van der Waals surface area contributed by atoms with Gasteiger partial charge in [0.1, 0.15) is 0 Å². The molecule has 0 aromatic heterocycles. The fraction of sp³-hybridized carbons (Fsp3) is 0.467. The number of nitrogens with one attached hydrogen (secondary N) is 1. The van der Waals surface area contributed by atoms with Gasteiger partial charge in [-0.1, -0.05) is 17.9 Å². The number of nitrogens with two attached hydrogens (primary N) is 1. The Labute approximate surface area is 130 Å². The van der Waals surface area contributed by atoms with Crippen LogP contribution in [0.15, 0.2) is 23.1 Å². The van der Waals surface area contributed by atoms with Crippen molar-refractivity contribution in [1.82, 2.24) is 4.72 Å². The van der Waals surface area contributed by atoms with Gasteiger partial charge in [0.05, 0.1) is 11.4 Å². The van der Waals surface area contributed by atoms with E-state index in [0.29, 0.717) is 22.9 Å². The molecule has 1 aliphatic rings.